The molecule has 0 spiro atoms. The lowest BCUT2D eigenvalue weighted by atomic mass is 10.0. The minimum absolute atomic E-state index is 0.0550. The summed E-state index contributed by atoms with van der Waals surface area (Å²) in [6.07, 6.45) is 1.90. The maximum Gasteiger partial charge on any atom is 0.165 e. The third kappa shape index (κ3) is 3.66. The molecule has 0 aliphatic heterocycles. The van der Waals surface area contributed by atoms with Crippen molar-refractivity contribution in [3.05, 3.63) is 84.3 Å². The fourth-order valence-corrected chi connectivity index (χ4v) is 2.59. The largest absolute Gasteiger partial charge is 0.495 e. The van der Waals surface area contributed by atoms with Crippen LogP contribution in [0.2, 0.25) is 0 Å². The van der Waals surface area contributed by atoms with Crippen molar-refractivity contribution in [1.82, 2.24) is 0 Å². The minimum atomic E-state index is -0.274. The second kappa shape index (κ2) is 7.51. The van der Waals surface area contributed by atoms with Crippen LogP contribution in [-0.4, -0.2) is 12.9 Å². The summed E-state index contributed by atoms with van der Waals surface area (Å²) >= 11 is 0. The molecule has 0 radical (unpaired) electrons. The van der Waals surface area contributed by atoms with Gasteiger partial charge < -0.3 is 14.5 Å². The number of Topliss-reactive ketones (excluding diaryl/α,β-unsaturated/α-hetero) is 1. The van der Waals surface area contributed by atoms with Gasteiger partial charge in [-0.3, -0.25) is 4.79 Å². The van der Waals surface area contributed by atoms with Crippen LogP contribution in [0, 0.1) is 0 Å². The molecule has 4 heteroatoms. The number of ketones is 1. The third-order valence-corrected chi connectivity index (χ3v) is 3.81. The van der Waals surface area contributed by atoms with Crippen LogP contribution in [-0.2, 0) is 0 Å². The van der Waals surface area contributed by atoms with E-state index in [9.17, 15) is 4.79 Å². The summed E-state index contributed by atoms with van der Waals surface area (Å²) in [5, 5.41) is 3.36. The van der Waals surface area contributed by atoms with Crippen LogP contribution in [0.4, 0.5) is 5.69 Å². The van der Waals surface area contributed by atoms with Crippen molar-refractivity contribution in [2.75, 3.05) is 12.4 Å². The molecule has 2 aromatic carbocycles. The zero-order valence-corrected chi connectivity index (χ0v) is 13.4. The van der Waals surface area contributed by atoms with Gasteiger partial charge in [0, 0.05) is 12.0 Å². The molecule has 3 aromatic rings. The summed E-state index contributed by atoms with van der Waals surface area (Å²) in [5.41, 5.74) is 1.51. The zero-order chi connectivity index (χ0) is 16.8. The first-order valence-corrected chi connectivity index (χ1v) is 7.79. The Morgan fingerprint density at radius 2 is 1.79 bits per heavy atom. The van der Waals surface area contributed by atoms with Gasteiger partial charge in [0.1, 0.15) is 11.5 Å². The summed E-state index contributed by atoms with van der Waals surface area (Å²) < 4.78 is 10.9. The van der Waals surface area contributed by atoms with E-state index in [0.717, 1.165) is 11.4 Å². The molecular weight excluding hydrogens is 302 g/mol. The molecular formula is C20H19NO3. The number of carbonyl (C=O) groups excluding carboxylic acids is 1. The molecule has 0 bridgehead atoms. The number of nitrogens with one attached hydrogen (secondary N) is 1. The Hall–Kier alpha value is -3.01. The summed E-state index contributed by atoms with van der Waals surface area (Å²) in [4.78, 5) is 12.6. The maximum absolute atomic E-state index is 12.6. The van der Waals surface area contributed by atoms with E-state index in [1.807, 2.05) is 66.7 Å². The highest BCUT2D eigenvalue weighted by molar-refractivity contribution is 5.96. The number of hydrogen-bond acceptors (Lipinski definition) is 4. The van der Waals surface area contributed by atoms with E-state index in [1.54, 1.807) is 13.4 Å². The number of carbonyl (C=O) groups is 1. The predicted octanol–water partition coefficient (Wildman–Crippen LogP) is 4.71. The summed E-state index contributed by atoms with van der Waals surface area (Å²) in [6.45, 7) is 0. The van der Waals surface area contributed by atoms with Crippen molar-refractivity contribution in [2.45, 2.75) is 12.5 Å². The maximum atomic E-state index is 12.6. The predicted molar refractivity (Wildman–Crippen MR) is 93.5 cm³/mol. The average molecular weight is 321 g/mol. The van der Waals surface area contributed by atoms with E-state index in [2.05, 4.69) is 5.32 Å². The third-order valence-electron chi connectivity index (χ3n) is 3.81. The van der Waals surface area contributed by atoms with Crippen LogP contribution in [0.3, 0.4) is 0 Å². The van der Waals surface area contributed by atoms with Crippen LogP contribution >= 0.6 is 0 Å². The second-order valence-corrected chi connectivity index (χ2v) is 5.41. The van der Waals surface area contributed by atoms with Crippen molar-refractivity contribution < 1.29 is 13.9 Å². The highest BCUT2D eigenvalue weighted by Crippen LogP contribution is 2.30. The SMILES string of the molecule is COc1ccccc1N[C@H](CC(=O)c1ccccc1)c1ccco1. The standard InChI is InChI=1S/C20H19NO3/c1-23-19-11-6-5-10-16(19)21-17(20-12-7-13-24-20)14-18(22)15-8-3-2-4-9-15/h2-13,17,21H,14H2,1H3/t17-/m1/s1. The molecule has 1 N–H and O–H groups in total. The molecule has 1 atom stereocenters. The van der Waals surface area contributed by atoms with E-state index in [0.29, 0.717) is 11.3 Å². The van der Waals surface area contributed by atoms with Crippen molar-refractivity contribution in [2.24, 2.45) is 0 Å². The lowest BCUT2D eigenvalue weighted by Gasteiger charge is -2.19. The molecule has 3 rings (SSSR count). The van der Waals surface area contributed by atoms with Crippen molar-refractivity contribution in [1.29, 1.82) is 0 Å². The normalized spacial score (nSPS) is 11.7. The highest BCUT2D eigenvalue weighted by atomic mass is 16.5. The second-order valence-electron chi connectivity index (χ2n) is 5.41. The van der Waals surface area contributed by atoms with Crippen LogP contribution in [0.5, 0.6) is 5.75 Å². The van der Waals surface area contributed by atoms with Gasteiger partial charge in [0.2, 0.25) is 0 Å². The van der Waals surface area contributed by atoms with Crippen molar-refractivity contribution >= 4 is 11.5 Å². The zero-order valence-electron chi connectivity index (χ0n) is 13.4. The van der Waals surface area contributed by atoms with E-state index < -0.39 is 0 Å². The Morgan fingerprint density at radius 1 is 1.04 bits per heavy atom. The van der Waals surface area contributed by atoms with Crippen LogP contribution < -0.4 is 10.1 Å². The molecule has 0 saturated heterocycles. The van der Waals surface area contributed by atoms with E-state index in [1.165, 1.54) is 0 Å². The molecule has 0 aliphatic rings. The number of para-hydroxylation sites is 2. The number of hydrogen-bond donors (Lipinski definition) is 1. The lowest BCUT2D eigenvalue weighted by Crippen LogP contribution is -2.15. The number of methoxy groups -OCH3 is 1. The average Bonchev–Trinajstić information content (AvgIpc) is 3.17. The van der Waals surface area contributed by atoms with Crippen molar-refractivity contribution in [3.8, 4) is 5.75 Å². The Labute approximate surface area is 141 Å². The molecule has 24 heavy (non-hydrogen) atoms. The summed E-state index contributed by atoms with van der Waals surface area (Å²) in [5.74, 6) is 1.49. The molecule has 122 valence electrons. The van der Waals surface area contributed by atoms with Crippen LogP contribution in [0.15, 0.2) is 77.4 Å². The monoisotopic (exact) mass is 321 g/mol. The summed E-state index contributed by atoms with van der Waals surface area (Å²) in [6, 6.07) is 20.3. The minimum Gasteiger partial charge on any atom is -0.495 e. The van der Waals surface area contributed by atoms with Gasteiger partial charge in [-0.2, -0.15) is 0 Å². The van der Waals surface area contributed by atoms with Gasteiger partial charge in [0.05, 0.1) is 25.1 Å². The number of rotatable bonds is 7. The summed E-state index contributed by atoms with van der Waals surface area (Å²) in [7, 11) is 1.62. The molecule has 0 amide bonds. The molecule has 0 aliphatic carbocycles. The number of anilines is 1. The van der Waals surface area contributed by atoms with Crippen LogP contribution in [0.1, 0.15) is 28.6 Å². The van der Waals surface area contributed by atoms with Gasteiger partial charge in [-0.25, -0.2) is 0 Å². The molecule has 1 heterocycles. The first kappa shape index (κ1) is 15.9. The number of ether oxygens (including phenoxy) is 1. The lowest BCUT2D eigenvalue weighted by molar-refractivity contribution is 0.0973. The quantitative estimate of drug-likeness (QED) is 0.640. The molecule has 0 unspecified atom stereocenters. The molecule has 4 nitrogen and oxygen atoms in total. The fourth-order valence-electron chi connectivity index (χ4n) is 2.59. The van der Waals surface area contributed by atoms with Gasteiger partial charge in [-0.15, -0.1) is 0 Å². The van der Waals surface area contributed by atoms with Gasteiger partial charge >= 0.3 is 0 Å². The Morgan fingerprint density at radius 3 is 2.50 bits per heavy atom. The van der Waals surface area contributed by atoms with Gasteiger partial charge in [0.25, 0.3) is 0 Å². The van der Waals surface area contributed by atoms with E-state index in [-0.39, 0.29) is 18.2 Å². The first-order chi connectivity index (χ1) is 11.8. The highest BCUT2D eigenvalue weighted by Gasteiger charge is 2.20. The number of furan rings is 1. The fraction of sp³-hybridized carbons (Fsp3) is 0.150. The van der Waals surface area contributed by atoms with E-state index in [4.69, 9.17) is 9.15 Å². The van der Waals surface area contributed by atoms with Crippen molar-refractivity contribution in [3.63, 3.8) is 0 Å². The first-order valence-electron chi connectivity index (χ1n) is 7.79. The Kier molecular flexibility index (Phi) is 4.96. The number of benzene rings is 2. The van der Waals surface area contributed by atoms with Gasteiger partial charge in [-0.1, -0.05) is 42.5 Å². The van der Waals surface area contributed by atoms with Gasteiger partial charge in [-0.05, 0) is 24.3 Å². The topological polar surface area (TPSA) is 51.5 Å². The Balaban J connectivity index is 1.83. The molecule has 0 saturated carbocycles. The Bertz CT molecular complexity index is 782. The van der Waals surface area contributed by atoms with Gasteiger partial charge in [0.15, 0.2) is 5.78 Å². The molecule has 0 fully saturated rings. The van der Waals surface area contributed by atoms with E-state index >= 15 is 0 Å². The molecule has 1 aromatic heterocycles. The smallest absolute Gasteiger partial charge is 0.165 e. The van der Waals surface area contributed by atoms with Crippen LogP contribution in [0.25, 0.3) is 0 Å².